The average Bonchev–Trinajstić information content (AvgIpc) is 2.69. The van der Waals surface area contributed by atoms with Gasteiger partial charge in [-0.2, -0.15) is 0 Å². The molecule has 0 spiro atoms. The zero-order valence-electron chi connectivity index (χ0n) is 15.5. The molecular weight excluding hydrogens is 398 g/mol. The van der Waals surface area contributed by atoms with Gasteiger partial charge in [0.15, 0.2) is 0 Å². The van der Waals surface area contributed by atoms with Crippen molar-refractivity contribution in [1.29, 1.82) is 0 Å². The Morgan fingerprint density at radius 1 is 0.897 bits per heavy atom. The molecule has 8 heteroatoms. The number of benzene rings is 3. The van der Waals surface area contributed by atoms with Crippen molar-refractivity contribution in [3.8, 4) is 0 Å². The fraction of sp³-hybridized carbons (Fsp3) is 0.0952. The number of carbonyl (C=O) groups is 1. The molecule has 0 aliphatic heterocycles. The minimum atomic E-state index is -4.20. The molecule has 0 fully saturated rings. The van der Waals surface area contributed by atoms with Crippen LogP contribution < -0.4 is 9.62 Å². The third kappa shape index (κ3) is 4.78. The lowest BCUT2D eigenvalue weighted by Crippen LogP contribution is -2.38. The van der Waals surface area contributed by atoms with Crippen LogP contribution in [0.25, 0.3) is 0 Å². The second kappa shape index (κ2) is 8.40. The average molecular weight is 416 g/mol. The van der Waals surface area contributed by atoms with Gasteiger partial charge in [0.05, 0.1) is 10.6 Å². The number of anilines is 2. The highest BCUT2D eigenvalue weighted by molar-refractivity contribution is 7.92. The highest BCUT2D eigenvalue weighted by Gasteiger charge is 2.27. The zero-order valence-corrected chi connectivity index (χ0v) is 16.3. The molecule has 0 saturated carbocycles. The topological polar surface area (TPSA) is 66.5 Å². The van der Waals surface area contributed by atoms with Gasteiger partial charge in [0, 0.05) is 5.69 Å². The Bertz CT molecular complexity index is 1120. The summed E-state index contributed by atoms with van der Waals surface area (Å²) in [7, 11) is -4.20. The predicted molar refractivity (Wildman–Crippen MR) is 107 cm³/mol. The molecule has 0 saturated heterocycles. The first-order chi connectivity index (χ1) is 13.8. The van der Waals surface area contributed by atoms with Gasteiger partial charge in [-0.05, 0) is 67.1 Å². The van der Waals surface area contributed by atoms with E-state index in [0.717, 1.165) is 46.3 Å². The van der Waals surface area contributed by atoms with Crippen molar-refractivity contribution in [3.63, 3.8) is 0 Å². The maximum atomic E-state index is 13.3. The van der Waals surface area contributed by atoms with E-state index in [2.05, 4.69) is 5.32 Å². The molecule has 0 unspecified atom stereocenters. The van der Waals surface area contributed by atoms with E-state index in [1.165, 1.54) is 12.1 Å². The highest BCUT2D eigenvalue weighted by atomic mass is 32.2. The fourth-order valence-corrected chi connectivity index (χ4v) is 4.11. The van der Waals surface area contributed by atoms with Gasteiger partial charge in [0.25, 0.3) is 10.0 Å². The molecule has 3 aromatic carbocycles. The van der Waals surface area contributed by atoms with Crippen LogP contribution in [0.3, 0.4) is 0 Å². The maximum absolute atomic E-state index is 13.3. The van der Waals surface area contributed by atoms with Crippen LogP contribution in [0.2, 0.25) is 0 Å². The molecular formula is C21H18F2N2O3S. The van der Waals surface area contributed by atoms with Crippen molar-refractivity contribution in [2.24, 2.45) is 0 Å². The number of halogens is 2. The minimum Gasteiger partial charge on any atom is -0.324 e. The first-order valence-electron chi connectivity index (χ1n) is 8.67. The van der Waals surface area contributed by atoms with Crippen molar-refractivity contribution in [3.05, 3.63) is 90.0 Å². The van der Waals surface area contributed by atoms with Crippen molar-refractivity contribution < 1.29 is 22.0 Å². The molecule has 3 aromatic rings. The Hall–Kier alpha value is -3.26. The normalized spacial score (nSPS) is 11.1. The molecule has 0 heterocycles. The van der Waals surface area contributed by atoms with E-state index in [1.807, 2.05) is 19.1 Å². The SMILES string of the molecule is Cc1ccccc1NC(=O)CN(c1ccc(F)cc1)S(=O)(=O)c1ccc(F)cc1. The van der Waals surface area contributed by atoms with Crippen molar-refractivity contribution in [1.82, 2.24) is 0 Å². The summed E-state index contributed by atoms with van der Waals surface area (Å²) in [4.78, 5) is 12.4. The van der Waals surface area contributed by atoms with Crippen molar-refractivity contribution in [2.75, 3.05) is 16.2 Å². The van der Waals surface area contributed by atoms with Crippen LogP contribution >= 0.6 is 0 Å². The summed E-state index contributed by atoms with van der Waals surface area (Å²) >= 11 is 0. The van der Waals surface area contributed by atoms with E-state index in [9.17, 15) is 22.0 Å². The molecule has 0 aliphatic rings. The summed E-state index contributed by atoms with van der Waals surface area (Å²) in [6.07, 6.45) is 0. The quantitative estimate of drug-likeness (QED) is 0.658. The predicted octanol–water partition coefficient (Wildman–Crippen LogP) is 4.11. The van der Waals surface area contributed by atoms with Crippen molar-refractivity contribution in [2.45, 2.75) is 11.8 Å². The summed E-state index contributed by atoms with van der Waals surface area (Å²) in [5, 5.41) is 2.68. The molecule has 1 amide bonds. The molecule has 5 nitrogen and oxygen atoms in total. The molecule has 1 N–H and O–H groups in total. The first kappa shape index (κ1) is 20.5. The van der Waals surface area contributed by atoms with Crippen LogP contribution in [0.4, 0.5) is 20.2 Å². The summed E-state index contributed by atoms with van der Waals surface area (Å²) in [6.45, 7) is 1.27. The number of sulfonamides is 1. The lowest BCUT2D eigenvalue weighted by Gasteiger charge is -2.24. The summed E-state index contributed by atoms with van der Waals surface area (Å²) in [5.74, 6) is -1.71. The van der Waals surface area contributed by atoms with Crippen LogP contribution in [0.15, 0.2) is 77.7 Å². The van der Waals surface area contributed by atoms with Crippen LogP contribution in [0.5, 0.6) is 0 Å². The Kier molecular flexibility index (Phi) is 5.93. The van der Waals surface area contributed by atoms with Gasteiger partial charge >= 0.3 is 0 Å². The van der Waals surface area contributed by atoms with Gasteiger partial charge in [0.2, 0.25) is 5.91 Å². The lowest BCUT2D eigenvalue weighted by molar-refractivity contribution is -0.114. The van der Waals surface area contributed by atoms with Gasteiger partial charge < -0.3 is 5.32 Å². The van der Waals surface area contributed by atoms with Crippen LogP contribution in [0.1, 0.15) is 5.56 Å². The van der Waals surface area contributed by atoms with E-state index >= 15 is 0 Å². The van der Waals surface area contributed by atoms with Gasteiger partial charge in [-0.25, -0.2) is 17.2 Å². The third-order valence-corrected chi connectivity index (χ3v) is 6.01. The largest absolute Gasteiger partial charge is 0.324 e. The number of aryl methyl sites for hydroxylation is 1. The number of para-hydroxylation sites is 1. The number of hydrogen-bond donors (Lipinski definition) is 1. The number of nitrogens with one attached hydrogen (secondary N) is 1. The molecule has 0 aromatic heterocycles. The van der Waals surface area contributed by atoms with Gasteiger partial charge in [-0.15, -0.1) is 0 Å². The summed E-state index contributed by atoms with van der Waals surface area (Å²) in [6, 6.07) is 16.0. The second-order valence-electron chi connectivity index (χ2n) is 6.31. The lowest BCUT2D eigenvalue weighted by atomic mass is 10.2. The molecule has 29 heavy (non-hydrogen) atoms. The van der Waals surface area contributed by atoms with Crippen LogP contribution in [-0.4, -0.2) is 20.9 Å². The maximum Gasteiger partial charge on any atom is 0.264 e. The third-order valence-electron chi connectivity index (χ3n) is 4.22. The van der Waals surface area contributed by atoms with E-state index < -0.39 is 34.1 Å². The van der Waals surface area contributed by atoms with E-state index in [0.29, 0.717) is 5.69 Å². The Morgan fingerprint density at radius 2 is 1.45 bits per heavy atom. The molecule has 0 radical (unpaired) electrons. The monoisotopic (exact) mass is 416 g/mol. The molecule has 0 atom stereocenters. The molecule has 150 valence electrons. The van der Waals surface area contributed by atoms with E-state index in [-0.39, 0.29) is 10.6 Å². The smallest absolute Gasteiger partial charge is 0.264 e. The Morgan fingerprint density at radius 3 is 2.03 bits per heavy atom. The van der Waals surface area contributed by atoms with Gasteiger partial charge in [-0.1, -0.05) is 18.2 Å². The molecule has 0 aliphatic carbocycles. The zero-order chi connectivity index (χ0) is 21.0. The summed E-state index contributed by atoms with van der Waals surface area (Å²) in [5.41, 5.74) is 1.47. The van der Waals surface area contributed by atoms with Crippen LogP contribution in [0, 0.1) is 18.6 Å². The first-order valence-corrected chi connectivity index (χ1v) is 10.1. The van der Waals surface area contributed by atoms with Gasteiger partial charge in [0.1, 0.15) is 18.2 Å². The summed E-state index contributed by atoms with van der Waals surface area (Å²) < 4.78 is 53.6. The number of hydrogen-bond acceptors (Lipinski definition) is 3. The van der Waals surface area contributed by atoms with Crippen molar-refractivity contribution >= 4 is 27.3 Å². The Balaban J connectivity index is 1.95. The number of nitrogens with zero attached hydrogens (tertiary/aromatic N) is 1. The standard InChI is InChI=1S/C21H18F2N2O3S/c1-15-4-2-3-5-20(15)24-21(26)14-25(18-10-6-16(22)7-11-18)29(27,28)19-12-8-17(23)9-13-19/h2-13H,14H2,1H3,(H,24,26). The van der Waals surface area contributed by atoms with Crippen LogP contribution in [-0.2, 0) is 14.8 Å². The fourth-order valence-electron chi connectivity index (χ4n) is 2.69. The molecule has 3 rings (SSSR count). The number of amides is 1. The second-order valence-corrected chi connectivity index (χ2v) is 8.17. The number of rotatable bonds is 6. The van der Waals surface area contributed by atoms with E-state index in [1.54, 1.807) is 12.1 Å². The Labute approximate surface area is 167 Å². The minimum absolute atomic E-state index is 0.107. The van der Waals surface area contributed by atoms with E-state index in [4.69, 9.17) is 0 Å². The molecule has 0 bridgehead atoms. The number of carbonyl (C=O) groups excluding carboxylic acids is 1. The highest BCUT2D eigenvalue weighted by Crippen LogP contribution is 2.24. The van der Waals surface area contributed by atoms with Gasteiger partial charge in [-0.3, -0.25) is 9.10 Å².